The van der Waals surface area contributed by atoms with Crippen LogP contribution in [-0.2, 0) is 4.74 Å². The van der Waals surface area contributed by atoms with E-state index in [1.165, 1.54) is 12.1 Å². The van der Waals surface area contributed by atoms with Crippen molar-refractivity contribution in [2.24, 2.45) is 0 Å². The van der Waals surface area contributed by atoms with Crippen LogP contribution < -0.4 is 5.32 Å². The maximum absolute atomic E-state index is 10.9. The number of benzene rings is 1. The number of alkyl carbamates (subject to hydrolysis) is 1. The number of ether oxygens (including phenoxy) is 1. The normalized spacial score (nSPS) is 18.6. The zero-order valence-electron chi connectivity index (χ0n) is 8.34. The number of phenolic OH excluding ortho intramolecular Hbond substituents is 1. The molecule has 8 heteroatoms. The molecule has 0 unspecified atom stereocenters. The van der Waals surface area contributed by atoms with Gasteiger partial charge in [-0.2, -0.15) is 0 Å². The molecule has 1 saturated heterocycles. The third kappa shape index (κ3) is 2.16. The number of carbonyl (C=O) groups is 1. The van der Waals surface area contributed by atoms with E-state index in [0.29, 0.717) is 0 Å². The van der Waals surface area contributed by atoms with Gasteiger partial charge in [0.2, 0.25) is 0 Å². The van der Waals surface area contributed by atoms with Crippen molar-refractivity contribution in [1.29, 1.82) is 0 Å². The second-order valence-corrected chi connectivity index (χ2v) is 4.27. The summed E-state index contributed by atoms with van der Waals surface area (Å²) >= 11 is 3.02. The maximum atomic E-state index is 10.9. The molecule has 1 aliphatic heterocycles. The van der Waals surface area contributed by atoms with Crippen molar-refractivity contribution >= 4 is 27.7 Å². The highest BCUT2D eigenvalue weighted by Gasteiger charge is 2.28. The number of nitro benzene ring substituents is 1. The van der Waals surface area contributed by atoms with Gasteiger partial charge in [0.15, 0.2) is 0 Å². The van der Waals surface area contributed by atoms with Crippen molar-refractivity contribution in [3.8, 4) is 5.75 Å². The lowest BCUT2D eigenvalue weighted by atomic mass is 10.1. The number of hydrogen-bond donors (Lipinski definition) is 2. The van der Waals surface area contributed by atoms with E-state index in [1.54, 1.807) is 0 Å². The van der Waals surface area contributed by atoms with Crippen LogP contribution >= 0.6 is 15.9 Å². The van der Waals surface area contributed by atoms with Crippen LogP contribution in [0.15, 0.2) is 16.6 Å². The number of cyclic esters (lactones) is 1. The Labute approximate surface area is 104 Å². The fourth-order valence-electron chi connectivity index (χ4n) is 1.53. The Bertz CT molecular complexity index is 504. The number of nitro groups is 1. The minimum Gasteiger partial charge on any atom is -0.506 e. The first-order chi connectivity index (χ1) is 7.99. The van der Waals surface area contributed by atoms with Crippen molar-refractivity contribution in [2.45, 2.75) is 6.04 Å². The van der Waals surface area contributed by atoms with Crippen LogP contribution in [0.25, 0.3) is 0 Å². The highest BCUT2D eigenvalue weighted by Crippen LogP contribution is 2.37. The third-order valence-electron chi connectivity index (χ3n) is 2.34. The second kappa shape index (κ2) is 4.21. The van der Waals surface area contributed by atoms with Gasteiger partial charge in [-0.05, 0) is 15.9 Å². The molecule has 7 nitrogen and oxygen atoms in total. The molecule has 0 bridgehead atoms. The lowest BCUT2D eigenvalue weighted by Gasteiger charge is -2.10. The maximum Gasteiger partial charge on any atom is 0.407 e. The van der Waals surface area contributed by atoms with Gasteiger partial charge in [0.1, 0.15) is 12.4 Å². The van der Waals surface area contributed by atoms with Gasteiger partial charge in [-0.25, -0.2) is 4.79 Å². The van der Waals surface area contributed by atoms with Gasteiger partial charge in [0.05, 0.1) is 15.4 Å². The van der Waals surface area contributed by atoms with E-state index in [0.717, 1.165) is 0 Å². The Kier molecular flexibility index (Phi) is 2.88. The molecular weight excluding hydrogens is 296 g/mol. The monoisotopic (exact) mass is 302 g/mol. The highest BCUT2D eigenvalue weighted by molar-refractivity contribution is 9.10. The first-order valence-corrected chi connectivity index (χ1v) is 5.38. The quantitative estimate of drug-likeness (QED) is 0.641. The molecule has 1 aromatic rings. The van der Waals surface area contributed by atoms with Gasteiger partial charge in [-0.15, -0.1) is 0 Å². The molecule has 1 heterocycles. The average Bonchev–Trinajstić information content (AvgIpc) is 2.68. The molecule has 1 atom stereocenters. The SMILES string of the molecule is O=C1N[C@@H](c2cc([N+](=O)[O-])cc(Br)c2O)CO1. The van der Waals surface area contributed by atoms with E-state index >= 15 is 0 Å². The number of non-ortho nitro benzene ring substituents is 1. The largest absolute Gasteiger partial charge is 0.506 e. The molecule has 1 fully saturated rings. The van der Waals surface area contributed by atoms with E-state index in [2.05, 4.69) is 26.0 Å². The molecule has 0 spiro atoms. The molecule has 0 radical (unpaired) electrons. The average molecular weight is 303 g/mol. The summed E-state index contributed by atoms with van der Waals surface area (Å²) in [5.41, 5.74) is 0.0720. The van der Waals surface area contributed by atoms with Crippen LogP contribution in [0.4, 0.5) is 10.5 Å². The molecule has 2 rings (SSSR count). The van der Waals surface area contributed by atoms with Crippen LogP contribution in [0.3, 0.4) is 0 Å². The van der Waals surface area contributed by atoms with Gasteiger partial charge in [-0.3, -0.25) is 10.1 Å². The molecule has 90 valence electrons. The summed E-state index contributed by atoms with van der Waals surface area (Å²) in [4.78, 5) is 21.0. The molecule has 1 aliphatic rings. The van der Waals surface area contributed by atoms with E-state index in [4.69, 9.17) is 0 Å². The minimum absolute atomic E-state index is 0.0278. The van der Waals surface area contributed by atoms with Gasteiger partial charge >= 0.3 is 6.09 Å². The van der Waals surface area contributed by atoms with Crippen LogP contribution in [0, 0.1) is 10.1 Å². The van der Waals surface area contributed by atoms with Crippen molar-refractivity contribution in [2.75, 3.05) is 6.61 Å². The summed E-state index contributed by atoms with van der Waals surface area (Å²) in [5, 5.41) is 22.9. The van der Waals surface area contributed by atoms with E-state index in [1.807, 2.05) is 0 Å². The first-order valence-electron chi connectivity index (χ1n) is 4.59. The summed E-state index contributed by atoms with van der Waals surface area (Å²) in [6.45, 7) is 0.0278. The molecule has 0 saturated carbocycles. The Morgan fingerprint density at radius 3 is 2.82 bits per heavy atom. The lowest BCUT2D eigenvalue weighted by molar-refractivity contribution is -0.385. The number of phenols is 1. The molecular formula is C9H7BrN2O5. The number of hydrogen-bond acceptors (Lipinski definition) is 5. The fraction of sp³-hybridized carbons (Fsp3) is 0.222. The summed E-state index contributed by atoms with van der Waals surface area (Å²) < 4.78 is 4.87. The number of amides is 1. The first kappa shape index (κ1) is 11.6. The third-order valence-corrected chi connectivity index (χ3v) is 2.94. The van der Waals surface area contributed by atoms with Crippen LogP contribution in [0.2, 0.25) is 0 Å². The Morgan fingerprint density at radius 2 is 2.29 bits per heavy atom. The van der Waals surface area contributed by atoms with Crippen molar-refractivity contribution in [3.05, 3.63) is 32.3 Å². The van der Waals surface area contributed by atoms with Gasteiger partial charge in [0, 0.05) is 17.7 Å². The van der Waals surface area contributed by atoms with Crippen molar-refractivity contribution < 1.29 is 19.6 Å². The topological polar surface area (TPSA) is 102 Å². The van der Waals surface area contributed by atoms with Crippen molar-refractivity contribution in [3.63, 3.8) is 0 Å². The van der Waals surface area contributed by atoms with E-state index in [9.17, 15) is 20.0 Å². The lowest BCUT2D eigenvalue weighted by Crippen LogP contribution is -2.18. The Hall–Kier alpha value is -1.83. The molecule has 0 aliphatic carbocycles. The standard InChI is InChI=1S/C9H7BrN2O5/c10-6-2-4(12(15)16)1-5(8(6)13)7-3-17-9(14)11-7/h1-2,7,13H,3H2,(H,11,14)/t7-/m1/s1. The summed E-state index contributed by atoms with van der Waals surface area (Å²) in [6.07, 6.45) is -0.614. The van der Waals surface area contributed by atoms with Gasteiger partial charge in [-0.1, -0.05) is 0 Å². The minimum atomic E-state index is -0.614. The Morgan fingerprint density at radius 1 is 1.59 bits per heavy atom. The zero-order valence-corrected chi connectivity index (χ0v) is 9.93. The van der Waals surface area contributed by atoms with Gasteiger partial charge < -0.3 is 15.2 Å². The van der Waals surface area contributed by atoms with Crippen molar-refractivity contribution in [1.82, 2.24) is 5.32 Å². The molecule has 0 aromatic heterocycles. The number of aromatic hydroxyl groups is 1. The number of rotatable bonds is 2. The predicted molar refractivity (Wildman–Crippen MR) is 59.7 cm³/mol. The van der Waals surface area contributed by atoms with Gasteiger partial charge in [0.25, 0.3) is 5.69 Å². The highest BCUT2D eigenvalue weighted by atomic mass is 79.9. The van der Waals surface area contributed by atoms with Crippen LogP contribution in [0.1, 0.15) is 11.6 Å². The summed E-state index contributed by atoms with van der Waals surface area (Å²) in [6, 6.07) is 1.81. The number of halogens is 1. The molecule has 1 aromatic carbocycles. The number of nitrogens with zero attached hydrogens (tertiary/aromatic N) is 1. The zero-order chi connectivity index (χ0) is 12.6. The summed E-state index contributed by atoms with van der Waals surface area (Å²) in [5.74, 6) is -0.147. The van der Waals surface area contributed by atoms with E-state index < -0.39 is 17.1 Å². The summed E-state index contributed by atoms with van der Waals surface area (Å²) in [7, 11) is 0. The smallest absolute Gasteiger partial charge is 0.407 e. The molecule has 1 amide bonds. The van der Waals surface area contributed by atoms with E-state index in [-0.39, 0.29) is 28.1 Å². The molecule has 17 heavy (non-hydrogen) atoms. The molecule has 2 N–H and O–H groups in total. The van der Waals surface area contributed by atoms with Crippen LogP contribution in [-0.4, -0.2) is 22.7 Å². The number of carbonyl (C=O) groups excluding carboxylic acids is 1. The number of nitrogens with one attached hydrogen (secondary N) is 1. The predicted octanol–water partition coefficient (Wildman–Crippen LogP) is 1.84. The fourth-order valence-corrected chi connectivity index (χ4v) is 1.99. The van der Waals surface area contributed by atoms with Crippen LogP contribution in [0.5, 0.6) is 5.75 Å². The second-order valence-electron chi connectivity index (χ2n) is 3.42. The Balaban J connectivity index is 2.45.